The quantitative estimate of drug-likeness (QED) is 0.790. The molecule has 2 aromatic carbocycles. The molecule has 1 fully saturated rings. The van der Waals surface area contributed by atoms with Crippen molar-refractivity contribution in [3.63, 3.8) is 0 Å². The molecule has 0 N–H and O–H groups in total. The van der Waals surface area contributed by atoms with Gasteiger partial charge < -0.3 is 9.47 Å². The number of rotatable bonds is 5. The van der Waals surface area contributed by atoms with E-state index in [1.807, 2.05) is 37.3 Å². The normalized spacial score (nSPS) is 18.2. The van der Waals surface area contributed by atoms with Crippen LogP contribution in [0.2, 0.25) is 0 Å². The molecule has 0 saturated carbocycles. The Labute approximate surface area is 140 Å². The van der Waals surface area contributed by atoms with Crippen molar-refractivity contribution in [2.45, 2.75) is 19.1 Å². The summed E-state index contributed by atoms with van der Waals surface area (Å²) in [5.74, 6) is 0.233. The number of hydrogen-bond acceptors (Lipinski definition) is 4. The molecule has 0 unspecified atom stereocenters. The van der Waals surface area contributed by atoms with Crippen LogP contribution in [0.4, 0.5) is 4.79 Å². The summed E-state index contributed by atoms with van der Waals surface area (Å²) in [7, 11) is 1.51. The maximum absolute atomic E-state index is 12.7. The third-order valence-electron chi connectivity index (χ3n) is 4.25. The highest BCUT2D eigenvalue weighted by Crippen LogP contribution is 2.28. The average molecular weight is 325 g/mol. The number of Topliss-reactive ketones (excluding diaryl/α,β-unsaturated/α-hetero) is 1. The molecule has 1 aliphatic heterocycles. The van der Waals surface area contributed by atoms with Gasteiger partial charge in [0.2, 0.25) is 5.78 Å². The van der Waals surface area contributed by atoms with Crippen LogP contribution in [0.5, 0.6) is 5.75 Å². The van der Waals surface area contributed by atoms with Gasteiger partial charge in [0.25, 0.3) is 0 Å². The van der Waals surface area contributed by atoms with Crippen LogP contribution in [0.3, 0.4) is 0 Å². The third-order valence-corrected chi connectivity index (χ3v) is 4.25. The minimum absolute atomic E-state index is 0.158. The molecule has 2 atom stereocenters. The van der Waals surface area contributed by atoms with Gasteiger partial charge in [-0.3, -0.25) is 9.69 Å². The minimum atomic E-state index is -0.819. The number of para-hydroxylation sites is 1. The summed E-state index contributed by atoms with van der Waals surface area (Å²) in [5, 5.41) is 0. The van der Waals surface area contributed by atoms with Crippen molar-refractivity contribution in [1.82, 2.24) is 4.90 Å². The highest BCUT2D eigenvalue weighted by atomic mass is 16.6. The Bertz CT molecular complexity index is 744. The van der Waals surface area contributed by atoms with E-state index in [1.54, 1.807) is 29.2 Å². The fourth-order valence-electron chi connectivity index (χ4n) is 2.87. The average Bonchev–Trinajstić information content (AvgIpc) is 3.03. The molecule has 0 radical (unpaired) electrons. The number of hydrogen-bond donors (Lipinski definition) is 0. The summed E-state index contributed by atoms with van der Waals surface area (Å²) in [6.45, 7) is 2.15. The Hall–Kier alpha value is -2.82. The Morgan fingerprint density at radius 2 is 1.83 bits per heavy atom. The third kappa shape index (κ3) is 2.97. The molecule has 24 heavy (non-hydrogen) atoms. The first-order valence-corrected chi connectivity index (χ1v) is 7.81. The number of ether oxygens (including phenoxy) is 2. The Balaban J connectivity index is 1.78. The topological polar surface area (TPSA) is 55.8 Å². The summed E-state index contributed by atoms with van der Waals surface area (Å²) in [6.07, 6.45) is -1.29. The molecule has 1 aliphatic rings. The van der Waals surface area contributed by atoms with Gasteiger partial charge in [0.1, 0.15) is 5.75 Å². The molecule has 0 aromatic heterocycles. The maximum Gasteiger partial charge on any atom is 0.411 e. The number of nitrogens with zero attached hydrogens (tertiary/aromatic N) is 1. The molecule has 0 bridgehead atoms. The Kier molecular flexibility index (Phi) is 4.51. The molecule has 1 heterocycles. The van der Waals surface area contributed by atoms with Gasteiger partial charge in [-0.05, 0) is 24.6 Å². The van der Waals surface area contributed by atoms with Crippen molar-refractivity contribution in [2.75, 3.05) is 13.7 Å². The summed E-state index contributed by atoms with van der Waals surface area (Å²) in [4.78, 5) is 26.5. The van der Waals surface area contributed by atoms with Gasteiger partial charge in [-0.1, -0.05) is 42.5 Å². The zero-order valence-electron chi connectivity index (χ0n) is 13.6. The highest BCUT2D eigenvalue weighted by Gasteiger charge is 2.39. The lowest BCUT2D eigenvalue weighted by Crippen LogP contribution is -2.30. The molecule has 0 spiro atoms. The van der Waals surface area contributed by atoms with Gasteiger partial charge in [0.05, 0.1) is 25.3 Å². The van der Waals surface area contributed by atoms with E-state index in [9.17, 15) is 9.59 Å². The Morgan fingerprint density at radius 3 is 2.54 bits per heavy atom. The summed E-state index contributed by atoms with van der Waals surface area (Å²) >= 11 is 0. The van der Waals surface area contributed by atoms with Gasteiger partial charge in [0, 0.05) is 0 Å². The fraction of sp³-hybridized carbons (Fsp3) is 0.263. The van der Waals surface area contributed by atoms with Crippen molar-refractivity contribution in [1.29, 1.82) is 0 Å². The lowest BCUT2D eigenvalue weighted by molar-refractivity contribution is 0.0757. The first-order chi connectivity index (χ1) is 11.6. The summed E-state index contributed by atoms with van der Waals surface area (Å²) in [5.41, 5.74) is 1.42. The fourth-order valence-corrected chi connectivity index (χ4v) is 2.87. The first kappa shape index (κ1) is 16.1. The van der Waals surface area contributed by atoms with Crippen LogP contribution in [0, 0.1) is 0 Å². The standard InChI is InChI=1S/C19H19NO4/c1-13(14-8-4-3-5-9-14)20-12-17(24-19(20)22)18(21)15-10-6-7-11-16(15)23-2/h3-11,13,17H,12H2,1-2H3/t13-,17+/m1/s1. The number of carbonyl (C=O) groups is 2. The van der Waals surface area contributed by atoms with E-state index >= 15 is 0 Å². The van der Waals surface area contributed by atoms with Crippen LogP contribution in [0.1, 0.15) is 28.9 Å². The summed E-state index contributed by atoms with van der Waals surface area (Å²) in [6, 6.07) is 16.5. The predicted octanol–water partition coefficient (Wildman–Crippen LogP) is 3.46. The van der Waals surface area contributed by atoms with Crippen molar-refractivity contribution >= 4 is 11.9 Å². The molecule has 1 amide bonds. The molecule has 2 aromatic rings. The zero-order valence-corrected chi connectivity index (χ0v) is 13.6. The monoisotopic (exact) mass is 325 g/mol. The second-order valence-electron chi connectivity index (χ2n) is 5.68. The lowest BCUT2D eigenvalue weighted by Gasteiger charge is -2.22. The first-order valence-electron chi connectivity index (χ1n) is 7.81. The maximum atomic E-state index is 12.7. The van der Waals surface area contributed by atoms with E-state index < -0.39 is 12.2 Å². The number of cyclic esters (lactones) is 1. The van der Waals surface area contributed by atoms with Gasteiger partial charge >= 0.3 is 6.09 Å². The van der Waals surface area contributed by atoms with Gasteiger partial charge in [-0.15, -0.1) is 0 Å². The second kappa shape index (κ2) is 6.74. The van der Waals surface area contributed by atoms with Crippen LogP contribution < -0.4 is 4.74 Å². The largest absolute Gasteiger partial charge is 0.496 e. The lowest BCUT2D eigenvalue weighted by atomic mass is 10.0. The minimum Gasteiger partial charge on any atom is -0.496 e. The molecular weight excluding hydrogens is 306 g/mol. The number of ketones is 1. The van der Waals surface area contributed by atoms with Gasteiger partial charge in [-0.2, -0.15) is 0 Å². The smallest absolute Gasteiger partial charge is 0.411 e. The number of amides is 1. The van der Waals surface area contributed by atoms with E-state index in [0.717, 1.165) is 5.56 Å². The van der Waals surface area contributed by atoms with Crippen molar-refractivity contribution in [3.8, 4) is 5.75 Å². The van der Waals surface area contributed by atoms with Crippen molar-refractivity contribution < 1.29 is 19.1 Å². The van der Waals surface area contributed by atoms with E-state index in [4.69, 9.17) is 9.47 Å². The molecule has 5 nitrogen and oxygen atoms in total. The van der Waals surface area contributed by atoms with Crippen LogP contribution in [0.15, 0.2) is 54.6 Å². The van der Waals surface area contributed by atoms with E-state index in [2.05, 4.69) is 0 Å². The predicted molar refractivity (Wildman–Crippen MR) is 89.2 cm³/mol. The molecule has 5 heteroatoms. The summed E-state index contributed by atoms with van der Waals surface area (Å²) < 4.78 is 10.5. The second-order valence-corrected chi connectivity index (χ2v) is 5.68. The van der Waals surface area contributed by atoms with E-state index in [0.29, 0.717) is 11.3 Å². The number of benzene rings is 2. The van der Waals surface area contributed by atoms with Crippen LogP contribution in [-0.2, 0) is 4.74 Å². The SMILES string of the molecule is COc1ccccc1C(=O)[C@@H]1CN([C@H](C)c2ccccc2)C(=O)O1. The Morgan fingerprint density at radius 1 is 1.17 bits per heavy atom. The van der Waals surface area contributed by atoms with Crippen LogP contribution in [0.25, 0.3) is 0 Å². The van der Waals surface area contributed by atoms with Gasteiger partial charge in [-0.25, -0.2) is 4.79 Å². The number of carbonyl (C=O) groups excluding carboxylic acids is 2. The van der Waals surface area contributed by atoms with Crippen LogP contribution in [-0.4, -0.2) is 36.5 Å². The van der Waals surface area contributed by atoms with Gasteiger partial charge in [0.15, 0.2) is 6.10 Å². The van der Waals surface area contributed by atoms with Crippen molar-refractivity contribution in [3.05, 3.63) is 65.7 Å². The van der Waals surface area contributed by atoms with Crippen LogP contribution >= 0.6 is 0 Å². The molecular formula is C19H19NO4. The number of methoxy groups -OCH3 is 1. The molecule has 0 aliphatic carbocycles. The van der Waals surface area contributed by atoms with Crippen molar-refractivity contribution in [2.24, 2.45) is 0 Å². The molecule has 3 rings (SSSR count). The highest BCUT2D eigenvalue weighted by molar-refractivity contribution is 6.03. The van der Waals surface area contributed by atoms with E-state index in [1.165, 1.54) is 7.11 Å². The molecule has 124 valence electrons. The zero-order chi connectivity index (χ0) is 17.1. The molecule has 1 saturated heterocycles. The van der Waals surface area contributed by atoms with E-state index in [-0.39, 0.29) is 18.4 Å².